The third-order valence-electron chi connectivity index (χ3n) is 3.14. The number of hydrogen-bond acceptors (Lipinski definition) is 0. The molecule has 0 aliphatic heterocycles. The van der Waals surface area contributed by atoms with Gasteiger partial charge >= 0.3 is 12.4 Å². The molecule has 0 spiro atoms. The lowest BCUT2D eigenvalue weighted by Gasteiger charge is -2.37. The maximum absolute atomic E-state index is 12.5. The Labute approximate surface area is 84.7 Å². The Kier molecular flexibility index (Phi) is 3.76. The van der Waals surface area contributed by atoms with Gasteiger partial charge < -0.3 is 0 Å². The van der Waals surface area contributed by atoms with Crippen molar-refractivity contribution in [1.82, 2.24) is 0 Å². The molecule has 0 aliphatic rings. The molecule has 0 saturated carbocycles. The molecule has 0 radical (unpaired) electrons. The Morgan fingerprint density at radius 1 is 0.733 bits per heavy atom. The topological polar surface area (TPSA) is 0 Å². The molecule has 0 rings (SSSR count). The third-order valence-corrected chi connectivity index (χ3v) is 3.14. The molecule has 1 unspecified atom stereocenters. The van der Waals surface area contributed by atoms with E-state index in [4.69, 9.17) is 0 Å². The minimum atomic E-state index is -4.63. The Morgan fingerprint density at radius 2 is 1.07 bits per heavy atom. The van der Waals surface area contributed by atoms with Crippen molar-refractivity contribution in [3.8, 4) is 0 Å². The zero-order valence-electron chi connectivity index (χ0n) is 8.92. The highest BCUT2D eigenvalue weighted by atomic mass is 19.4. The SMILES string of the molecule is CC([C@H](C)C(F)(F)F)C(C)(C)C(F)(F)F. The van der Waals surface area contributed by atoms with Crippen LogP contribution in [-0.2, 0) is 0 Å². The van der Waals surface area contributed by atoms with Gasteiger partial charge in [-0.1, -0.05) is 27.7 Å². The van der Waals surface area contributed by atoms with Crippen molar-refractivity contribution in [2.24, 2.45) is 17.3 Å². The van der Waals surface area contributed by atoms with Crippen LogP contribution in [0.5, 0.6) is 0 Å². The minimum Gasteiger partial charge on any atom is -0.171 e. The summed E-state index contributed by atoms with van der Waals surface area (Å²) in [6.45, 7) is 3.34. The molecule has 0 amide bonds. The molecular weight excluding hydrogens is 222 g/mol. The number of alkyl halides is 6. The van der Waals surface area contributed by atoms with Crippen molar-refractivity contribution >= 4 is 0 Å². The highest BCUT2D eigenvalue weighted by Gasteiger charge is 2.55. The molecule has 0 bridgehead atoms. The van der Waals surface area contributed by atoms with Gasteiger partial charge in [-0.05, 0) is 5.92 Å². The van der Waals surface area contributed by atoms with Crippen LogP contribution < -0.4 is 0 Å². The zero-order valence-corrected chi connectivity index (χ0v) is 8.92. The number of halogens is 6. The van der Waals surface area contributed by atoms with Crippen LogP contribution in [0.3, 0.4) is 0 Å². The molecule has 0 saturated heterocycles. The first-order chi connectivity index (χ1) is 6.32. The van der Waals surface area contributed by atoms with Crippen molar-refractivity contribution in [3.05, 3.63) is 0 Å². The first-order valence-corrected chi connectivity index (χ1v) is 4.45. The van der Waals surface area contributed by atoms with Gasteiger partial charge in [0.2, 0.25) is 0 Å². The van der Waals surface area contributed by atoms with Crippen LogP contribution in [0.15, 0.2) is 0 Å². The van der Waals surface area contributed by atoms with Gasteiger partial charge in [0.25, 0.3) is 0 Å². The van der Waals surface area contributed by atoms with Crippen LogP contribution in [0.4, 0.5) is 26.3 Å². The van der Waals surface area contributed by atoms with Crippen LogP contribution in [0, 0.1) is 17.3 Å². The average Bonchev–Trinajstić information content (AvgIpc) is 1.97. The summed E-state index contributed by atoms with van der Waals surface area (Å²) in [6.07, 6.45) is -9.23. The highest BCUT2D eigenvalue weighted by molar-refractivity contribution is 4.87. The molecule has 0 aliphatic carbocycles. The zero-order chi connectivity index (χ0) is 12.7. The molecule has 0 aromatic heterocycles. The van der Waals surface area contributed by atoms with Gasteiger partial charge in [0.15, 0.2) is 0 Å². The van der Waals surface area contributed by atoms with Crippen molar-refractivity contribution in [2.75, 3.05) is 0 Å². The normalized spacial score (nSPS) is 18.8. The molecule has 0 aromatic rings. The quantitative estimate of drug-likeness (QED) is 0.623. The van der Waals surface area contributed by atoms with E-state index in [0.29, 0.717) is 0 Å². The molecule has 0 fully saturated rings. The molecule has 6 heteroatoms. The first kappa shape index (κ1) is 14.6. The van der Waals surface area contributed by atoms with E-state index >= 15 is 0 Å². The van der Waals surface area contributed by atoms with E-state index in [2.05, 4.69) is 0 Å². The smallest absolute Gasteiger partial charge is 0.171 e. The van der Waals surface area contributed by atoms with Crippen LogP contribution in [-0.4, -0.2) is 12.4 Å². The lowest BCUT2D eigenvalue weighted by molar-refractivity contribution is -0.257. The van der Waals surface area contributed by atoms with Crippen LogP contribution >= 0.6 is 0 Å². The third kappa shape index (κ3) is 3.01. The molecular formula is C9H14F6. The largest absolute Gasteiger partial charge is 0.394 e. The highest BCUT2D eigenvalue weighted by Crippen LogP contribution is 2.49. The fourth-order valence-electron chi connectivity index (χ4n) is 1.17. The molecule has 15 heavy (non-hydrogen) atoms. The van der Waals surface area contributed by atoms with Crippen molar-refractivity contribution in [3.63, 3.8) is 0 Å². The summed E-state index contributed by atoms with van der Waals surface area (Å²) in [5.41, 5.74) is -2.35. The molecule has 92 valence electrons. The maximum Gasteiger partial charge on any atom is 0.394 e. The summed E-state index contributed by atoms with van der Waals surface area (Å²) in [5, 5.41) is 0. The van der Waals surface area contributed by atoms with Gasteiger partial charge in [-0.3, -0.25) is 0 Å². The Morgan fingerprint density at radius 3 is 1.27 bits per heavy atom. The second-order valence-corrected chi connectivity index (χ2v) is 4.34. The predicted octanol–water partition coefficient (Wildman–Crippen LogP) is 4.41. The van der Waals surface area contributed by atoms with Crippen LogP contribution in [0.2, 0.25) is 0 Å². The maximum atomic E-state index is 12.5. The van der Waals surface area contributed by atoms with Gasteiger partial charge in [0.05, 0.1) is 11.3 Å². The summed E-state index contributed by atoms with van der Waals surface area (Å²) in [5.74, 6) is -3.49. The first-order valence-electron chi connectivity index (χ1n) is 4.45. The Bertz CT molecular complexity index is 212. The predicted molar refractivity (Wildman–Crippen MR) is 44.2 cm³/mol. The van der Waals surface area contributed by atoms with Crippen LogP contribution in [0.1, 0.15) is 27.7 Å². The molecule has 0 heterocycles. The Hall–Kier alpha value is -0.420. The van der Waals surface area contributed by atoms with Gasteiger partial charge in [0, 0.05) is 0 Å². The van der Waals surface area contributed by atoms with Crippen molar-refractivity contribution in [2.45, 2.75) is 40.0 Å². The summed E-state index contributed by atoms with van der Waals surface area (Å²) < 4.78 is 74.1. The van der Waals surface area contributed by atoms with E-state index in [9.17, 15) is 26.3 Å². The van der Waals surface area contributed by atoms with Gasteiger partial charge in [-0.2, -0.15) is 26.3 Å². The molecule has 2 atom stereocenters. The van der Waals surface area contributed by atoms with Gasteiger partial charge in [-0.25, -0.2) is 0 Å². The van der Waals surface area contributed by atoms with E-state index in [0.717, 1.165) is 27.7 Å². The summed E-state index contributed by atoms with van der Waals surface area (Å²) in [6, 6.07) is 0. The van der Waals surface area contributed by atoms with E-state index < -0.39 is 29.6 Å². The van der Waals surface area contributed by atoms with E-state index in [-0.39, 0.29) is 0 Å². The van der Waals surface area contributed by atoms with E-state index in [1.165, 1.54) is 0 Å². The number of hydrogen-bond donors (Lipinski definition) is 0. The van der Waals surface area contributed by atoms with Gasteiger partial charge in [-0.15, -0.1) is 0 Å². The Balaban J connectivity index is 4.94. The summed E-state index contributed by atoms with van der Waals surface area (Å²) >= 11 is 0. The van der Waals surface area contributed by atoms with Crippen molar-refractivity contribution in [1.29, 1.82) is 0 Å². The lowest BCUT2D eigenvalue weighted by atomic mass is 9.72. The fourth-order valence-corrected chi connectivity index (χ4v) is 1.17. The average molecular weight is 236 g/mol. The second kappa shape index (κ2) is 3.87. The van der Waals surface area contributed by atoms with Crippen molar-refractivity contribution < 1.29 is 26.3 Å². The van der Waals surface area contributed by atoms with E-state index in [1.54, 1.807) is 0 Å². The number of rotatable bonds is 2. The second-order valence-electron chi connectivity index (χ2n) is 4.34. The molecule has 0 nitrogen and oxygen atoms in total. The minimum absolute atomic E-state index is 0.776. The standard InChI is InChI=1S/C9H14F6/c1-5(6(2)8(10,11)12)7(3,4)9(13,14)15/h5-6H,1-4H3/t5?,6-/m0/s1. The lowest BCUT2D eigenvalue weighted by Crippen LogP contribution is -2.44. The molecule has 0 N–H and O–H groups in total. The fraction of sp³-hybridized carbons (Fsp3) is 1.00. The monoisotopic (exact) mass is 236 g/mol. The summed E-state index contributed by atoms with van der Waals surface area (Å²) in [7, 11) is 0. The van der Waals surface area contributed by atoms with E-state index in [1.807, 2.05) is 0 Å². The molecule has 0 aromatic carbocycles. The van der Waals surface area contributed by atoms with Crippen LogP contribution in [0.25, 0.3) is 0 Å². The summed E-state index contributed by atoms with van der Waals surface area (Å²) in [4.78, 5) is 0. The van der Waals surface area contributed by atoms with Gasteiger partial charge in [0.1, 0.15) is 0 Å².